The first kappa shape index (κ1) is 19.6. The topological polar surface area (TPSA) is 20.8 Å². The molecule has 132 valence electrons. The predicted octanol–water partition coefficient (Wildman–Crippen LogP) is 2.36. The van der Waals surface area contributed by atoms with Crippen molar-refractivity contribution in [3.8, 4) is 0 Å². The fourth-order valence-corrected chi connectivity index (χ4v) is 3.26. The Bertz CT molecular complexity index is 839. The van der Waals surface area contributed by atoms with Crippen molar-refractivity contribution in [1.29, 1.82) is 0 Å². The number of aromatic nitrogens is 2. The van der Waals surface area contributed by atoms with Crippen molar-refractivity contribution in [1.82, 2.24) is 4.57 Å². The predicted molar refractivity (Wildman–Crippen MR) is 103 cm³/mol. The highest BCUT2D eigenvalue weighted by Crippen LogP contribution is 2.28. The van der Waals surface area contributed by atoms with Gasteiger partial charge in [0.2, 0.25) is 0 Å². The van der Waals surface area contributed by atoms with Gasteiger partial charge in [-0.1, -0.05) is 41.4 Å². The first-order valence-electron chi connectivity index (χ1n) is 8.05. The second-order valence-electron chi connectivity index (χ2n) is 5.45. The molecule has 0 spiro atoms. The monoisotopic (exact) mass is 395 g/mol. The molecule has 0 amide bonds. The molecule has 0 radical (unpaired) electrons. The molecule has 0 bridgehead atoms. The number of hydrogen-bond acceptors (Lipinski definition) is 1. The fourth-order valence-electron chi connectivity index (χ4n) is 2.94. The molecule has 1 N–H and O–H groups in total. The Labute approximate surface area is 164 Å². The van der Waals surface area contributed by atoms with E-state index in [0.29, 0.717) is 10.0 Å². The van der Waals surface area contributed by atoms with Gasteiger partial charge in [-0.3, -0.25) is 0 Å². The highest BCUT2D eigenvalue weighted by molar-refractivity contribution is 6.42. The average molecular weight is 397 g/mol. The smallest absolute Gasteiger partial charge is 0.283 e. The Morgan fingerprint density at radius 1 is 1.08 bits per heavy atom. The molecule has 3 rings (SSSR count). The van der Waals surface area contributed by atoms with Crippen LogP contribution in [-0.4, -0.2) is 4.57 Å². The molecule has 1 heterocycles. The third kappa shape index (κ3) is 3.95. The number of imidazole rings is 1. The highest BCUT2D eigenvalue weighted by atomic mass is 35.5. The van der Waals surface area contributed by atoms with Gasteiger partial charge in [-0.15, -0.1) is 0 Å². The molecular formula is C19H20Cl3N3. The first-order chi connectivity index (χ1) is 11.7. The number of aryl methyl sites for hydroxylation is 2. The number of nitrogens with one attached hydrogen (secondary N) is 1. The van der Waals surface area contributed by atoms with Gasteiger partial charge in [-0.25, -0.2) is 9.13 Å². The van der Waals surface area contributed by atoms with Gasteiger partial charge in [0, 0.05) is 30.1 Å². The van der Waals surface area contributed by atoms with Crippen LogP contribution in [0.25, 0.3) is 17.1 Å². The van der Waals surface area contributed by atoms with Crippen molar-refractivity contribution < 1.29 is 17.0 Å². The van der Waals surface area contributed by atoms with Crippen LogP contribution in [0.15, 0.2) is 48.7 Å². The zero-order chi connectivity index (χ0) is 17.1. The lowest BCUT2D eigenvalue weighted by Crippen LogP contribution is -3.00. The van der Waals surface area contributed by atoms with Gasteiger partial charge in [0.1, 0.15) is 0 Å². The maximum atomic E-state index is 6.22. The molecule has 25 heavy (non-hydrogen) atoms. The molecule has 0 aliphatic carbocycles. The average Bonchev–Trinajstić information content (AvgIpc) is 2.88. The first-order valence-corrected chi connectivity index (χ1v) is 8.80. The molecular weight excluding hydrogens is 377 g/mol. The summed E-state index contributed by atoms with van der Waals surface area (Å²) in [6.07, 6.45) is 4.05. The molecule has 2 aromatic carbocycles. The molecule has 1 aromatic heterocycles. The number of halogens is 3. The molecule has 6 heteroatoms. The Balaban J connectivity index is 0.00000225. The lowest BCUT2D eigenvalue weighted by Gasteiger charge is -2.00. The number of anilines is 1. The van der Waals surface area contributed by atoms with Crippen molar-refractivity contribution in [2.45, 2.75) is 26.9 Å². The Morgan fingerprint density at radius 3 is 2.40 bits per heavy atom. The van der Waals surface area contributed by atoms with Crippen molar-refractivity contribution in [2.75, 3.05) is 5.32 Å². The summed E-state index contributed by atoms with van der Waals surface area (Å²) in [5.41, 5.74) is 3.24. The van der Waals surface area contributed by atoms with E-state index in [1.54, 1.807) is 0 Å². The normalized spacial score (nSPS) is 11.0. The third-order valence-electron chi connectivity index (χ3n) is 4.04. The van der Waals surface area contributed by atoms with Crippen LogP contribution in [0.2, 0.25) is 10.0 Å². The van der Waals surface area contributed by atoms with Gasteiger partial charge >= 0.3 is 0 Å². The molecule has 0 saturated heterocycles. The summed E-state index contributed by atoms with van der Waals surface area (Å²) in [6.45, 7) is 5.97. The van der Waals surface area contributed by atoms with Gasteiger partial charge in [0.05, 0.1) is 23.1 Å². The van der Waals surface area contributed by atoms with E-state index in [1.807, 2.05) is 48.7 Å². The second kappa shape index (κ2) is 8.61. The van der Waals surface area contributed by atoms with E-state index >= 15 is 0 Å². The summed E-state index contributed by atoms with van der Waals surface area (Å²) in [6, 6.07) is 14.0. The SMILES string of the molecule is CCn1c(/C=C/Nc2ccccc2)[n+](CC)c2cc(Cl)c(Cl)cc21.[Cl-]. The summed E-state index contributed by atoms with van der Waals surface area (Å²) in [4.78, 5) is 0. The maximum Gasteiger partial charge on any atom is 0.283 e. The lowest BCUT2D eigenvalue weighted by atomic mass is 10.3. The van der Waals surface area contributed by atoms with E-state index in [1.165, 1.54) is 0 Å². The number of nitrogens with zero attached hydrogens (tertiary/aromatic N) is 2. The molecule has 0 aliphatic heterocycles. The van der Waals surface area contributed by atoms with E-state index in [-0.39, 0.29) is 12.4 Å². The van der Waals surface area contributed by atoms with E-state index in [9.17, 15) is 0 Å². The third-order valence-corrected chi connectivity index (χ3v) is 4.76. The number of para-hydroxylation sites is 1. The standard InChI is InChI=1S/C19H19Cl2N3.ClH/c1-3-23-17-12-15(20)16(21)13-18(17)24(4-2)19(23)10-11-22-14-8-6-5-7-9-14;/h5-13H,3-4H2,1-2H3;1H. The summed E-state index contributed by atoms with van der Waals surface area (Å²) in [5, 5.41) is 4.47. The fraction of sp³-hybridized carbons (Fsp3) is 0.211. The largest absolute Gasteiger partial charge is 1.00 e. The van der Waals surface area contributed by atoms with Crippen LogP contribution in [0.5, 0.6) is 0 Å². The van der Waals surface area contributed by atoms with Crippen LogP contribution >= 0.6 is 23.2 Å². The Hall–Kier alpha value is -1.68. The van der Waals surface area contributed by atoms with E-state index in [2.05, 4.69) is 34.4 Å². The minimum absolute atomic E-state index is 0. The van der Waals surface area contributed by atoms with Crippen LogP contribution in [0, 0.1) is 0 Å². The molecule has 0 saturated carbocycles. The van der Waals surface area contributed by atoms with Crippen LogP contribution in [0.1, 0.15) is 19.7 Å². The van der Waals surface area contributed by atoms with Gasteiger partial charge in [0.25, 0.3) is 5.82 Å². The van der Waals surface area contributed by atoms with E-state index in [0.717, 1.165) is 35.6 Å². The van der Waals surface area contributed by atoms with E-state index in [4.69, 9.17) is 23.2 Å². The zero-order valence-electron chi connectivity index (χ0n) is 14.1. The highest BCUT2D eigenvalue weighted by Gasteiger charge is 2.22. The van der Waals surface area contributed by atoms with Crippen molar-refractivity contribution in [3.63, 3.8) is 0 Å². The Kier molecular flexibility index (Phi) is 6.77. The molecule has 3 nitrogen and oxygen atoms in total. The second-order valence-corrected chi connectivity index (χ2v) is 6.26. The molecule has 0 aliphatic rings. The number of fused-ring (bicyclic) bond motifs is 1. The zero-order valence-corrected chi connectivity index (χ0v) is 16.4. The van der Waals surface area contributed by atoms with Crippen molar-refractivity contribution >= 4 is 46.0 Å². The number of hydrogen-bond donors (Lipinski definition) is 1. The lowest BCUT2D eigenvalue weighted by molar-refractivity contribution is -0.670. The van der Waals surface area contributed by atoms with Gasteiger partial charge < -0.3 is 17.7 Å². The minimum atomic E-state index is 0. The van der Waals surface area contributed by atoms with E-state index < -0.39 is 0 Å². The molecule has 0 unspecified atom stereocenters. The Morgan fingerprint density at radius 2 is 1.76 bits per heavy atom. The molecule has 0 atom stereocenters. The van der Waals surface area contributed by atoms with Crippen LogP contribution < -0.4 is 22.3 Å². The van der Waals surface area contributed by atoms with Crippen LogP contribution in [0.3, 0.4) is 0 Å². The van der Waals surface area contributed by atoms with Crippen LogP contribution in [0.4, 0.5) is 5.69 Å². The quantitative estimate of drug-likeness (QED) is 0.657. The van der Waals surface area contributed by atoms with Crippen molar-refractivity contribution in [3.05, 3.63) is 64.5 Å². The number of rotatable bonds is 5. The minimum Gasteiger partial charge on any atom is -1.00 e. The summed E-state index contributed by atoms with van der Waals surface area (Å²) >= 11 is 12.4. The summed E-state index contributed by atoms with van der Waals surface area (Å²) in [5.74, 6) is 1.11. The van der Waals surface area contributed by atoms with Gasteiger partial charge in [-0.2, -0.15) is 0 Å². The summed E-state index contributed by atoms with van der Waals surface area (Å²) in [7, 11) is 0. The maximum absolute atomic E-state index is 6.22. The van der Waals surface area contributed by atoms with Crippen LogP contribution in [-0.2, 0) is 13.1 Å². The molecule has 3 aromatic rings. The van der Waals surface area contributed by atoms with Gasteiger partial charge in [0.15, 0.2) is 11.0 Å². The van der Waals surface area contributed by atoms with Crippen molar-refractivity contribution in [2.24, 2.45) is 0 Å². The molecule has 0 fully saturated rings. The van der Waals surface area contributed by atoms with Gasteiger partial charge in [-0.05, 0) is 26.0 Å². The number of benzene rings is 2. The summed E-state index contributed by atoms with van der Waals surface area (Å²) < 4.78 is 4.48.